The van der Waals surface area contributed by atoms with Gasteiger partial charge in [-0.2, -0.15) is 0 Å². The molecule has 0 aliphatic carbocycles. The quantitative estimate of drug-likeness (QED) is 0.505. The molecule has 0 unspecified atom stereocenters. The number of halogens is 1. The summed E-state index contributed by atoms with van der Waals surface area (Å²) in [6.45, 7) is 1.67. The van der Waals surface area contributed by atoms with E-state index >= 15 is 0 Å². The topological polar surface area (TPSA) is 58.4 Å². The van der Waals surface area contributed by atoms with Crippen LogP contribution in [0.1, 0.15) is 21.5 Å². The Labute approximate surface area is 125 Å². The van der Waals surface area contributed by atoms with Crippen LogP contribution in [-0.4, -0.2) is 5.91 Å². The number of nitrogen functional groups attached to an aromatic ring is 1. The van der Waals surface area contributed by atoms with Crippen molar-refractivity contribution in [3.63, 3.8) is 0 Å². The third kappa shape index (κ3) is 2.42. The molecule has 0 aromatic heterocycles. The zero-order chi connectivity index (χ0) is 14.1. The number of carbonyl (C=O) groups is 1. The van der Waals surface area contributed by atoms with Gasteiger partial charge in [-0.05, 0) is 47.5 Å². The first kappa shape index (κ1) is 13.1. The van der Waals surface area contributed by atoms with Crippen LogP contribution in [0.5, 0.6) is 0 Å². The van der Waals surface area contributed by atoms with Crippen LogP contribution in [0.25, 0.3) is 0 Å². The zero-order valence-electron chi connectivity index (χ0n) is 10.8. The molecule has 5 heteroatoms. The maximum atomic E-state index is 11.5. The van der Waals surface area contributed by atoms with Crippen molar-refractivity contribution in [1.82, 2.24) is 5.43 Å². The lowest BCUT2D eigenvalue weighted by Gasteiger charge is -2.17. The predicted molar refractivity (Wildman–Crippen MR) is 82.1 cm³/mol. The van der Waals surface area contributed by atoms with E-state index in [1.807, 2.05) is 30.3 Å². The summed E-state index contributed by atoms with van der Waals surface area (Å²) in [5, 5.41) is 0. The lowest BCUT2D eigenvalue weighted by Crippen LogP contribution is -2.30. The summed E-state index contributed by atoms with van der Waals surface area (Å²) in [5.74, 6) is 4.91. The van der Waals surface area contributed by atoms with Crippen LogP contribution < -0.4 is 16.2 Å². The van der Waals surface area contributed by atoms with Gasteiger partial charge in [-0.15, -0.1) is 0 Å². The molecule has 0 saturated heterocycles. The molecule has 0 fully saturated rings. The van der Waals surface area contributed by atoms with Gasteiger partial charge < -0.3 is 4.90 Å². The minimum Gasteiger partial charge on any atom is -0.363 e. The predicted octanol–water partition coefficient (Wildman–Crippen LogP) is 2.57. The van der Waals surface area contributed by atoms with E-state index in [2.05, 4.69) is 38.4 Å². The van der Waals surface area contributed by atoms with Crippen molar-refractivity contribution in [3.8, 4) is 0 Å². The molecule has 1 amide bonds. The number of amides is 1. The molecule has 1 aliphatic heterocycles. The summed E-state index contributed by atoms with van der Waals surface area (Å²) in [4.78, 5) is 13.8. The normalized spacial score (nSPS) is 13.2. The molecule has 0 saturated carbocycles. The van der Waals surface area contributed by atoms with E-state index in [0.29, 0.717) is 5.56 Å². The highest BCUT2D eigenvalue weighted by Crippen LogP contribution is 2.29. The van der Waals surface area contributed by atoms with E-state index in [0.717, 1.165) is 17.6 Å². The first-order valence-corrected chi connectivity index (χ1v) is 7.10. The molecule has 4 nitrogen and oxygen atoms in total. The molecule has 102 valence electrons. The van der Waals surface area contributed by atoms with Gasteiger partial charge in [0.1, 0.15) is 0 Å². The molecule has 20 heavy (non-hydrogen) atoms. The number of anilines is 1. The lowest BCUT2D eigenvalue weighted by atomic mass is 10.1. The second-order valence-electron chi connectivity index (χ2n) is 4.79. The summed E-state index contributed by atoms with van der Waals surface area (Å²) in [6, 6.07) is 14.0. The van der Waals surface area contributed by atoms with Gasteiger partial charge in [-0.3, -0.25) is 10.2 Å². The Morgan fingerprint density at radius 3 is 2.50 bits per heavy atom. The second-order valence-corrected chi connectivity index (χ2v) is 5.71. The van der Waals surface area contributed by atoms with E-state index in [-0.39, 0.29) is 5.91 Å². The number of carbonyl (C=O) groups excluding carboxylic acids is 1. The van der Waals surface area contributed by atoms with Crippen LogP contribution in [-0.2, 0) is 13.1 Å². The van der Waals surface area contributed by atoms with Crippen molar-refractivity contribution in [2.45, 2.75) is 13.1 Å². The molecule has 0 bridgehead atoms. The fourth-order valence-corrected chi connectivity index (χ4v) is 2.72. The maximum absolute atomic E-state index is 11.5. The van der Waals surface area contributed by atoms with Crippen molar-refractivity contribution in [3.05, 3.63) is 63.6 Å². The summed E-state index contributed by atoms with van der Waals surface area (Å²) >= 11 is 3.44. The van der Waals surface area contributed by atoms with E-state index < -0.39 is 0 Å². The average molecular weight is 332 g/mol. The first-order chi connectivity index (χ1) is 9.67. The minimum atomic E-state index is -0.255. The SMILES string of the molecule is NNC(=O)c1ccc2c(c1)CN(c1ccc(Br)cc1)C2. The number of nitrogens with two attached hydrogens (primary N) is 1. The lowest BCUT2D eigenvalue weighted by molar-refractivity contribution is 0.0953. The minimum absolute atomic E-state index is 0.255. The van der Waals surface area contributed by atoms with Crippen molar-refractivity contribution in [2.24, 2.45) is 5.84 Å². The second kappa shape index (κ2) is 5.26. The number of hydrogen-bond donors (Lipinski definition) is 2. The van der Waals surface area contributed by atoms with Gasteiger partial charge in [0.15, 0.2) is 0 Å². The van der Waals surface area contributed by atoms with Crippen LogP contribution in [0.3, 0.4) is 0 Å². The molecule has 3 N–H and O–H groups in total. The van der Waals surface area contributed by atoms with Gasteiger partial charge in [-0.1, -0.05) is 22.0 Å². The Bertz CT molecular complexity index is 655. The molecular formula is C15H14BrN3O. The Kier molecular flexibility index (Phi) is 3.46. The smallest absolute Gasteiger partial charge is 0.265 e. The summed E-state index contributed by atoms with van der Waals surface area (Å²) < 4.78 is 1.07. The molecule has 3 rings (SSSR count). The van der Waals surface area contributed by atoms with Gasteiger partial charge in [0.25, 0.3) is 5.91 Å². The van der Waals surface area contributed by atoms with E-state index in [4.69, 9.17) is 5.84 Å². The van der Waals surface area contributed by atoms with Crippen LogP contribution in [0.15, 0.2) is 46.9 Å². The first-order valence-electron chi connectivity index (χ1n) is 6.30. The van der Waals surface area contributed by atoms with Crippen LogP contribution in [0.4, 0.5) is 5.69 Å². The van der Waals surface area contributed by atoms with Gasteiger partial charge in [0.05, 0.1) is 0 Å². The monoisotopic (exact) mass is 331 g/mol. The van der Waals surface area contributed by atoms with Crippen molar-refractivity contribution in [2.75, 3.05) is 4.90 Å². The third-order valence-electron chi connectivity index (χ3n) is 3.51. The Balaban J connectivity index is 1.85. The number of rotatable bonds is 2. The van der Waals surface area contributed by atoms with Crippen LogP contribution in [0.2, 0.25) is 0 Å². The molecule has 1 aliphatic rings. The molecule has 0 atom stereocenters. The van der Waals surface area contributed by atoms with Crippen LogP contribution in [0, 0.1) is 0 Å². The van der Waals surface area contributed by atoms with Gasteiger partial charge >= 0.3 is 0 Å². The fourth-order valence-electron chi connectivity index (χ4n) is 2.45. The van der Waals surface area contributed by atoms with Crippen molar-refractivity contribution < 1.29 is 4.79 Å². The van der Waals surface area contributed by atoms with Gasteiger partial charge in [0, 0.05) is 28.8 Å². The highest BCUT2D eigenvalue weighted by atomic mass is 79.9. The highest BCUT2D eigenvalue weighted by Gasteiger charge is 2.20. The van der Waals surface area contributed by atoms with E-state index in [1.165, 1.54) is 16.8 Å². The largest absolute Gasteiger partial charge is 0.363 e. The number of hydrogen-bond acceptors (Lipinski definition) is 3. The summed E-state index contributed by atoms with van der Waals surface area (Å²) in [6.07, 6.45) is 0. The zero-order valence-corrected chi connectivity index (χ0v) is 12.4. The average Bonchev–Trinajstić information content (AvgIpc) is 2.90. The Morgan fingerprint density at radius 2 is 1.80 bits per heavy atom. The molecular weight excluding hydrogens is 318 g/mol. The fraction of sp³-hybridized carbons (Fsp3) is 0.133. The van der Waals surface area contributed by atoms with Crippen molar-refractivity contribution >= 4 is 27.5 Å². The van der Waals surface area contributed by atoms with Crippen molar-refractivity contribution in [1.29, 1.82) is 0 Å². The number of nitrogens with one attached hydrogen (secondary N) is 1. The standard InChI is InChI=1S/C15H14BrN3O/c16-13-3-5-14(6-4-13)19-8-11-2-1-10(15(20)18-17)7-12(11)9-19/h1-7H,8-9,17H2,(H,18,20). The van der Waals surface area contributed by atoms with E-state index in [9.17, 15) is 4.79 Å². The third-order valence-corrected chi connectivity index (χ3v) is 4.04. The van der Waals surface area contributed by atoms with Gasteiger partial charge in [0.2, 0.25) is 0 Å². The van der Waals surface area contributed by atoms with Crippen LogP contribution >= 0.6 is 15.9 Å². The number of hydrazine groups is 1. The van der Waals surface area contributed by atoms with E-state index in [1.54, 1.807) is 0 Å². The number of fused-ring (bicyclic) bond motifs is 1. The number of benzene rings is 2. The highest BCUT2D eigenvalue weighted by molar-refractivity contribution is 9.10. The molecule has 2 aromatic carbocycles. The molecule has 0 spiro atoms. The Morgan fingerprint density at radius 1 is 1.10 bits per heavy atom. The summed E-state index contributed by atoms with van der Waals surface area (Å²) in [7, 11) is 0. The van der Waals surface area contributed by atoms with Gasteiger partial charge in [-0.25, -0.2) is 5.84 Å². The number of nitrogens with zero attached hydrogens (tertiary/aromatic N) is 1. The Hall–Kier alpha value is -1.85. The maximum Gasteiger partial charge on any atom is 0.265 e. The summed E-state index contributed by atoms with van der Waals surface area (Å²) in [5.41, 5.74) is 6.37. The molecule has 0 radical (unpaired) electrons. The molecule has 1 heterocycles. The molecule has 2 aromatic rings.